The first-order chi connectivity index (χ1) is 6.77. The molecule has 0 aliphatic rings. The molecule has 0 aliphatic heterocycles. The number of rotatable bonds is 2. The molecule has 2 aromatic rings. The van der Waals surface area contributed by atoms with Crippen LogP contribution < -0.4 is 0 Å². The van der Waals surface area contributed by atoms with Crippen LogP contribution in [0.5, 0.6) is 0 Å². The van der Waals surface area contributed by atoms with Gasteiger partial charge in [0.05, 0.1) is 4.88 Å². The Labute approximate surface area is 87.0 Å². The maximum Gasteiger partial charge on any atom is 0.170 e. The van der Waals surface area contributed by atoms with E-state index in [4.69, 9.17) is 0 Å². The third-order valence-corrected chi connectivity index (χ3v) is 3.11. The molecule has 0 bridgehead atoms. The van der Waals surface area contributed by atoms with Crippen molar-refractivity contribution < 1.29 is 4.79 Å². The summed E-state index contributed by atoms with van der Waals surface area (Å²) in [6.45, 7) is 1.57. The van der Waals surface area contributed by atoms with Crippen molar-refractivity contribution in [2.75, 3.05) is 0 Å². The second-order valence-electron chi connectivity index (χ2n) is 3.01. The molecule has 0 atom stereocenters. The molecule has 1 aromatic carbocycles. The predicted octanol–water partition coefficient (Wildman–Crippen LogP) is 3.42. The highest BCUT2D eigenvalue weighted by atomic mass is 32.1. The zero-order valence-corrected chi connectivity index (χ0v) is 8.60. The molecule has 0 saturated heterocycles. The molecule has 0 N–H and O–H groups in total. The standard InChI is InChI=1S/C12H9OS/c1-9(13)11-7-8-12(14-11)10-5-3-2-4-6-10/h2-6,8H,1H3. The van der Waals surface area contributed by atoms with E-state index in [1.807, 2.05) is 36.4 Å². The first-order valence-electron chi connectivity index (χ1n) is 4.35. The molecule has 1 radical (unpaired) electrons. The van der Waals surface area contributed by atoms with Gasteiger partial charge in [-0.25, -0.2) is 0 Å². The maximum absolute atomic E-state index is 11.1. The normalized spacial score (nSPS) is 10.1. The SMILES string of the molecule is CC(=O)c1[c]cc(-c2ccccc2)s1. The lowest BCUT2D eigenvalue weighted by Crippen LogP contribution is -1.83. The second kappa shape index (κ2) is 3.76. The van der Waals surface area contributed by atoms with E-state index in [0.29, 0.717) is 4.88 Å². The van der Waals surface area contributed by atoms with Crippen LogP contribution in [0.4, 0.5) is 0 Å². The van der Waals surface area contributed by atoms with Gasteiger partial charge in [-0.2, -0.15) is 0 Å². The fraction of sp³-hybridized carbons (Fsp3) is 0.0833. The highest BCUT2D eigenvalue weighted by Gasteiger charge is 2.05. The summed E-state index contributed by atoms with van der Waals surface area (Å²) in [4.78, 5) is 12.9. The van der Waals surface area contributed by atoms with Crippen LogP contribution in [0.1, 0.15) is 16.6 Å². The summed E-state index contributed by atoms with van der Waals surface area (Å²) in [6.07, 6.45) is 0. The summed E-state index contributed by atoms with van der Waals surface area (Å²) in [7, 11) is 0. The number of Topliss-reactive ketones (excluding diaryl/α,β-unsaturated/α-hetero) is 1. The van der Waals surface area contributed by atoms with Gasteiger partial charge in [-0.1, -0.05) is 30.3 Å². The van der Waals surface area contributed by atoms with Crippen LogP contribution in [0, 0.1) is 6.07 Å². The number of thiophene rings is 1. The van der Waals surface area contributed by atoms with Crippen molar-refractivity contribution >= 4 is 17.1 Å². The topological polar surface area (TPSA) is 17.1 Å². The van der Waals surface area contributed by atoms with Crippen molar-refractivity contribution in [2.45, 2.75) is 6.92 Å². The average molecular weight is 201 g/mol. The zero-order valence-electron chi connectivity index (χ0n) is 7.78. The summed E-state index contributed by atoms with van der Waals surface area (Å²) in [6, 6.07) is 14.9. The minimum Gasteiger partial charge on any atom is -0.294 e. The Balaban J connectivity index is 2.39. The minimum absolute atomic E-state index is 0.0807. The number of ketones is 1. The molecule has 1 heterocycles. The third-order valence-electron chi connectivity index (χ3n) is 1.92. The fourth-order valence-electron chi connectivity index (χ4n) is 1.22. The molecule has 0 aliphatic carbocycles. The summed E-state index contributed by atoms with van der Waals surface area (Å²) in [5, 5.41) is 0. The van der Waals surface area contributed by atoms with E-state index in [0.717, 1.165) is 10.4 Å². The second-order valence-corrected chi connectivity index (χ2v) is 4.06. The summed E-state index contributed by atoms with van der Waals surface area (Å²) >= 11 is 1.49. The van der Waals surface area contributed by atoms with Gasteiger partial charge in [-0.3, -0.25) is 4.79 Å². The van der Waals surface area contributed by atoms with Gasteiger partial charge >= 0.3 is 0 Å². The lowest BCUT2D eigenvalue weighted by molar-refractivity contribution is 0.102. The number of hydrogen-bond donors (Lipinski definition) is 0. The van der Waals surface area contributed by atoms with Gasteiger partial charge in [-0.15, -0.1) is 11.3 Å². The first kappa shape index (κ1) is 9.16. The van der Waals surface area contributed by atoms with Crippen LogP contribution in [-0.4, -0.2) is 5.78 Å². The lowest BCUT2D eigenvalue weighted by atomic mass is 10.2. The highest BCUT2D eigenvalue weighted by Crippen LogP contribution is 2.27. The lowest BCUT2D eigenvalue weighted by Gasteiger charge is -1.94. The quantitative estimate of drug-likeness (QED) is 0.680. The zero-order chi connectivity index (χ0) is 9.97. The van der Waals surface area contributed by atoms with Gasteiger partial charge < -0.3 is 0 Å². The Kier molecular flexibility index (Phi) is 2.46. The smallest absolute Gasteiger partial charge is 0.170 e. The molecule has 0 saturated carbocycles. The van der Waals surface area contributed by atoms with Gasteiger partial charge in [-0.05, 0) is 18.6 Å². The Hall–Kier alpha value is -1.41. The van der Waals surface area contributed by atoms with Crippen molar-refractivity contribution in [3.05, 3.63) is 47.3 Å². The largest absolute Gasteiger partial charge is 0.294 e. The molecule has 2 rings (SSSR count). The van der Waals surface area contributed by atoms with Crippen LogP contribution in [0.15, 0.2) is 36.4 Å². The van der Waals surface area contributed by atoms with Gasteiger partial charge in [0, 0.05) is 10.9 Å². The number of carbonyl (C=O) groups is 1. The predicted molar refractivity (Wildman–Crippen MR) is 58.6 cm³/mol. The van der Waals surface area contributed by atoms with E-state index in [9.17, 15) is 4.79 Å². The maximum atomic E-state index is 11.1. The minimum atomic E-state index is 0.0807. The van der Waals surface area contributed by atoms with E-state index in [1.165, 1.54) is 11.3 Å². The van der Waals surface area contributed by atoms with Crippen molar-refractivity contribution in [2.24, 2.45) is 0 Å². The van der Waals surface area contributed by atoms with Crippen LogP contribution >= 0.6 is 11.3 Å². The van der Waals surface area contributed by atoms with Crippen molar-refractivity contribution in [3.8, 4) is 10.4 Å². The van der Waals surface area contributed by atoms with E-state index in [-0.39, 0.29) is 5.78 Å². The van der Waals surface area contributed by atoms with E-state index in [1.54, 1.807) is 6.92 Å². The van der Waals surface area contributed by atoms with Crippen molar-refractivity contribution in [3.63, 3.8) is 0 Å². The number of carbonyl (C=O) groups excluding carboxylic acids is 1. The fourth-order valence-corrected chi connectivity index (χ4v) is 2.07. The van der Waals surface area contributed by atoms with Crippen LogP contribution in [0.25, 0.3) is 10.4 Å². The summed E-state index contributed by atoms with van der Waals surface area (Å²) in [5.41, 5.74) is 1.14. The van der Waals surface area contributed by atoms with E-state index >= 15 is 0 Å². The Morgan fingerprint density at radius 3 is 2.57 bits per heavy atom. The molecule has 0 amide bonds. The van der Waals surface area contributed by atoms with Crippen LogP contribution in [0.2, 0.25) is 0 Å². The van der Waals surface area contributed by atoms with Gasteiger partial charge in [0.2, 0.25) is 0 Å². The molecule has 0 fully saturated rings. The molecule has 1 aromatic heterocycles. The molecular weight excluding hydrogens is 192 g/mol. The average Bonchev–Trinajstić information content (AvgIpc) is 2.68. The van der Waals surface area contributed by atoms with Gasteiger partial charge in [0.25, 0.3) is 0 Å². The molecule has 1 nitrogen and oxygen atoms in total. The van der Waals surface area contributed by atoms with Crippen LogP contribution in [0.3, 0.4) is 0 Å². The molecule has 14 heavy (non-hydrogen) atoms. The monoisotopic (exact) mass is 201 g/mol. The van der Waals surface area contributed by atoms with Crippen molar-refractivity contribution in [1.82, 2.24) is 0 Å². The Morgan fingerprint density at radius 2 is 2.00 bits per heavy atom. The van der Waals surface area contributed by atoms with Crippen LogP contribution in [-0.2, 0) is 0 Å². The number of hydrogen-bond acceptors (Lipinski definition) is 2. The third kappa shape index (κ3) is 1.75. The molecular formula is C12H9OS. The summed E-state index contributed by atoms with van der Waals surface area (Å²) < 4.78 is 0. The van der Waals surface area contributed by atoms with Crippen molar-refractivity contribution in [1.29, 1.82) is 0 Å². The molecule has 0 spiro atoms. The number of benzene rings is 1. The first-order valence-corrected chi connectivity index (χ1v) is 5.17. The summed E-state index contributed by atoms with van der Waals surface area (Å²) in [5.74, 6) is 0.0807. The van der Waals surface area contributed by atoms with Gasteiger partial charge in [0.1, 0.15) is 0 Å². The van der Waals surface area contributed by atoms with Gasteiger partial charge in [0.15, 0.2) is 5.78 Å². The van der Waals surface area contributed by atoms with E-state index < -0.39 is 0 Å². The molecule has 0 unspecified atom stereocenters. The Morgan fingerprint density at radius 1 is 1.29 bits per heavy atom. The van der Waals surface area contributed by atoms with E-state index in [2.05, 4.69) is 6.07 Å². The Bertz CT molecular complexity index is 442. The highest BCUT2D eigenvalue weighted by molar-refractivity contribution is 7.17. The molecule has 2 heteroatoms. The molecule has 69 valence electrons.